The fourth-order valence-electron chi connectivity index (χ4n) is 1.33. The van der Waals surface area contributed by atoms with Crippen LogP contribution in [0.25, 0.3) is 0 Å². The van der Waals surface area contributed by atoms with E-state index >= 15 is 0 Å². The minimum absolute atomic E-state index is 0.196. The molecular weight excluding hydrogens is 239 g/mol. The van der Waals surface area contributed by atoms with Crippen molar-refractivity contribution in [3.8, 4) is 0 Å². The Bertz CT molecular complexity index is 512. The summed E-state index contributed by atoms with van der Waals surface area (Å²) in [6.07, 6.45) is 0. The van der Waals surface area contributed by atoms with Crippen LogP contribution in [0, 0.1) is 12.7 Å². The van der Waals surface area contributed by atoms with Crippen LogP contribution in [0.15, 0.2) is 29.2 Å². The third-order valence-corrected chi connectivity index (χ3v) is 3.05. The lowest BCUT2D eigenvalue weighted by molar-refractivity contribution is 0.602. The molecule has 0 saturated heterocycles. The highest BCUT2D eigenvalue weighted by Gasteiger charge is 2.05. The number of hydrogen-bond acceptors (Lipinski definition) is 5. The number of benzene rings is 1. The van der Waals surface area contributed by atoms with Gasteiger partial charge in [0.25, 0.3) is 0 Å². The van der Waals surface area contributed by atoms with Crippen molar-refractivity contribution >= 4 is 17.7 Å². The van der Waals surface area contributed by atoms with Crippen LogP contribution in [0.1, 0.15) is 11.6 Å². The van der Waals surface area contributed by atoms with Crippen LogP contribution in [0.2, 0.25) is 0 Å². The van der Waals surface area contributed by atoms with Gasteiger partial charge in [-0.15, -0.1) is 11.8 Å². The molecule has 2 aromatic rings. The summed E-state index contributed by atoms with van der Waals surface area (Å²) >= 11 is 1.33. The van der Waals surface area contributed by atoms with Gasteiger partial charge in [-0.1, -0.05) is 12.1 Å². The number of nitrogens with zero attached hydrogens (tertiary/aromatic N) is 3. The van der Waals surface area contributed by atoms with Crippen molar-refractivity contribution in [1.82, 2.24) is 15.0 Å². The van der Waals surface area contributed by atoms with Gasteiger partial charge in [0.2, 0.25) is 5.95 Å². The van der Waals surface area contributed by atoms with E-state index in [9.17, 15) is 4.39 Å². The lowest BCUT2D eigenvalue weighted by Crippen LogP contribution is -2.03. The van der Waals surface area contributed by atoms with E-state index in [2.05, 4.69) is 15.0 Å². The summed E-state index contributed by atoms with van der Waals surface area (Å²) in [6, 6.07) is 6.59. The highest BCUT2D eigenvalue weighted by molar-refractivity contribution is 7.98. The maximum atomic E-state index is 13.4. The van der Waals surface area contributed by atoms with Crippen LogP contribution in [0.5, 0.6) is 0 Å². The first-order valence-electron chi connectivity index (χ1n) is 4.99. The third kappa shape index (κ3) is 3.13. The van der Waals surface area contributed by atoms with Crippen LogP contribution >= 0.6 is 11.8 Å². The van der Waals surface area contributed by atoms with Gasteiger partial charge in [-0.3, -0.25) is 0 Å². The Balaban J connectivity index is 2.10. The zero-order valence-electron chi connectivity index (χ0n) is 9.22. The summed E-state index contributed by atoms with van der Waals surface area (Å²) in [7, 11) is 0. The molecule has 0 fully saturated rings. The molecule has 1 aromatic carbocycles. The molecule has 0 aliphatic heterocycles. The summed E-state index contributed by atoms with van der Waals surface area (Å²) in [5.41, 5.74) is 5.51. The second-order valence-corrected chi connectivity index (χ2v) is 4.39. The van der Waals surface area contributed by atoms with Gasteiger partial charge in [0.1, 0.15) is 17.5 Å². The molecule has 0 aliphatic carbocycles. The molecule has 0 bridgehead atoms. The zero-order valence-corrected chi connectivity index (χ0v) is 10.0. The van der Waals surface area contributed by atoms with Crippen molar-refractivity contribution in [3.05, 3.63) is 41.7 Å². The minimum Gasteiger partial charge on any atom is -0.368 e. The number of rotatable bonds is 3. The van der Waals surface area contributed by atoms with Crippen molar-refractivity contribution in [3.63, 3.8) is 0 Å². The molecule has 6 heteroatoms. The summed E-state index contributed by atoms with van der Waals surface area (Å²) in [5, 5.41) is 0. The van der Waals surface area contributed by atoms with Crippen LogP contribution < -0.4 is 5.73 Å². The predicted octanol–water partition coefficient (Wildman–Crippen LogP) is 2.19. The van der Waals surface area contributed by atoms with Gasteiger partial charge >= 0.3 is 0 Å². The molecule has 0 unspecified atom stereocenters. The van der Waals surface area contributed by atoms with Crippen LogP contribution in [0.3, 0.4) is 0 Å². The maximum Gasteiger partial charge on any atom is 0.223 e. The smallest absolute Gasteiger partial charge is 0.223 e. The van der Waals surface area contributed by atoms with Gasteiger partial charge in [-0.05, 0) is 19.1 Å². The van der Waals surface area contributed by atoms with Gasteiger partial charge < -0.3 is 5.73 Å². The van der Waals surface area contributed by atoms with Gasteiger partial charge in [0, 0.05) is 4.90 Å². The lowest BCUT2D eigenvalue weighted by atomic mass is 10.3. The summed E-state index contributed by atoms with van der Waals surface area (Å²) < 4.78 is 13.4. The molecule has 17 heavy (non-hydrogen) atoms. The lowest BCUT2D eigenvalue weighted by Gasteiger charge is -2.03. The molecule has 1 aromatic heterocycles. The van der Waals surface area contributed by atoms with Crippen molar-refractivity contribution in [2.24, 2.45) is 0 Å². The average molecular weight is 250 g/mol. The maximum absolute atomic E-state index is 13.4. The number of hydrogen-bond donors (Lipinski definition) is 1. The van der Waals surface area contributed by atoms with Crippen molar-refractivity contribution in [2.45, 2.75) is 17.6 Å². The van der Waals surface area contributed by atoms with E-state index in [0.29, 0.717) is 22.3 Å². The standard InChI is InChI=1S/C11H11FN4S/c1-7-14-10(16-11(13)15-7)6-17-9-5-3-2-4-8(9)12/h2-5H,6H2,1H3,(H2,13,14,15,16). The molecule has 0 atom stereocenters. The minimum atomic E-state index is -0.240. The van der Waals surface area contributed by atoms with E-state index in [1.165, 1.54) is 17.8 Å². The molecule has 4 nitrogen and oxygen atoms in total. The molecule has 2 N–H and O–H groups in total. The quantitative estimate of drug-likeness (QED) is 0.846. The number of anilines is 1. The Labute approximate surface area is 103 Å². The van der Waals surface area contributed by atoms with Crippen LogP contribution in [-0.2, 0) is 5.75 Å². The predicted molar refractivity (Wildman–Crippen MR) is 64.9 cm³/mol. The Kier molecular flexibility index (Phi) is 3.53. The third-order valence-electron chi connectivity index (χ3n) is 2.00. The van der Waals surface area contributed by atoms with Gasteiger partial charge in [-0.2, -0.15) is 9.97 Å². The number of nitrogen functional groups attached to an aromatic ring is 1. The van der Waals surface area contributed by atoms with E-state index in [0.717, 1.165) is 0 Å². The SMILES string of the molecule is Cc1nc(N)nc(CSc2ccccc2F)n1. The number of aromatic nitrogens is 3. The van der Waals surface area contributed by atoms with Crippen molar-refractivity contribution in [1.29, 1.82) is 0 Å². The second kappa shape index (κ2) is 5.09. The second-order valence-electron chi connectivity index (χ2n) is 3.38. The molecule has 0 saturated carbocycles. The Hall–Kier alpha value is -1.69. The molecule has 0 amide bonds. The van der Waals surface area contributed by atoms with Crippen molar-refractivity contribution in [2.75, 3.05) is 5.73 Å². The largest absolute Gasteiger partial charge is 0.368 e. The zero-order chi connectivity index (χ0) is 12.3. The van der Waals surface area contributed by atoms with E-state index in [1.54, 1.807) is 25.1 Å². The first-order valence-corrected chi connectivity index (χ1v) is 5.98. The number of nitrogens with two attached hydrogens (primary N) is 1. The van der Waals surface area contributed by atoms with E-state index in [4.69, 9.17) is 5.73 Å². The monoisotopic (exact) mass is 250 g/mol. The fourth-order valence-corrected chi connectivity index (χ4v) is 2.12. The van der Waals surface area contributed by atoms with Gasteiger partial charge in [-0.25, -0.2) is 9.37 Å². The van der Waals surface area contributed by atoms with Crippen molar-refractivity contribution < 1.29 is 4.39 Å². The first-order chi connectivity index (χ1) is 8.15. The Morgan fingerprint density at radius 3 is 2.71 bits per heavy atom. The molecule has 0 spiro atoms. The summed E-state index contributed by atoms with van der Waals surface area (Å²) in [5.74, 6) is 1.55. The molecule has 0 aliphatic rings. The summed E-state index contributed by atoms with van der Waals surface area (Å²) in [4.78, 5) is 12.6. The van der Waals surface area contributed by atoms with Gasteiger partial charge in [0.05, 0.1) is 5.75 Å². The Morgan fingerprint density at radius 2 is 2.00 bits per heavy atom. The number of thioether (sulfide) groups is 1. The molecule has 0 radical (unpaired) electrons. The van der Waals surface area contributed by atoms with Gasteiger partial charge in [0.15, 0.2) is 0 Å². The molecule has 1 heterocycles. The fraction of sp³-hybridized carbons (Fsp3) is 0.182. The Morgan fingerprint density at radius 1 is 1.24 bits per heavy atom. The molecule has 88 valence electrons. The average Bonchev–Trinajstić information content (AvgIpc) is 2.27. The highest BCUT2D eigenvalue weighted by Crippen LogP contribution is 2.23. The van der Waals surface area contributed by atoms with Crippen LogP contribution in [-0.4, -0.2) is 15.0 Å². The number of halogens is 1. The number of aryl methyl sites for hydroxylation is 1. The highest BCUT2D eigenvalue weighted by atomic mass is 32.2. The first kappa shape index (κ1) is 11.8. The normalized spacial score (nSPS) is 10.5. The van der Waals surface area contributed by atoms with E-state index in [1.807, 2.05) is 0 Å². The van der Waals surface area contributed by atoms with Crippen LogP contribution in [0.4, 0.5) is 10.3 Å². The van der Waals surface area contributed by atoms with E-state index < -0.39 is 0 Å². The molecular formula is C11H11FN4S. The van der Waals surface area contributed by atoms with E-state index in [-0.39, 0.29) is 11.8 Å². The molecule has 2 rings (SSSR count). The topological polar surface area (TPSA) is 64.7 Å². The summed E-state index contributed by atoms with van der Waals surface area (Å²) in [6.45, 7) is 1.75.